The molecular weight excluding hydrogens is 473 g/mol. The lowest BCUT2D eigenvalue weighted by Gasteiger charge is -2.35. The summed E-state index contributed by atoms with van der Waals surface area (Å²) in [5, 5.41) is 3.29. The number of benzene rings is 2. The van der Waals surface area contributed by atoms with Gasteiger partial charge in [0.15, 0.2) is 0 Å². The molecule has 2 amide bonds. The molecule has 1 N–H and O–H groups in total. The van der Waals surface area contributed by atoms with Gasteiger partial charge in [-0.15, -0.1) is 11.8 Å². The number of piperidine rings is 1. The van der Waals surface area contributed by atoms with Crippen LogP contribution in [0.2, 0.25) is 5.02 Å². The summed E-state index contributed by atoms with van der Waals surface area (Å²) in [5.41, 5.74) is 1.38. The minimum atomic E-state index is -0.451. The van der Waals surface area contributed by atoms with Gasteiger partial charge in [-0.2, -0.15) is 0 Å². The van der Waals surface area contributed by atoms with E-state index in [1.165, 1.54) is 48.4 Å². The fourth-order valence-electron chi connectivity index (χ4n) is 4.76. The SMILES string of the molecule is CC[C@H]1CCCCN1CCCNC(=O)c1ccc2c(c1)N(Cc1c(F)cccc1Cl)C(=O)CS2. The summed E-state index contributed by atoms with van der Waals surface area (Å²) < 4.78 is 14.4. The molecule has 1 fully saturated rings. The Kier molecular flexibility index (Phi) is 8.51. The van der Waals surface area contributed by atoms with Crippen LogP contribution in [0.25, 0.3) is 0 Å². The average Bonchev–Trinajstić information content (AvgIpc) is 2.85. The second-order valence-corrected chi connectivity index (χ2v) is 10.3. The summed E-state index contributed by atoms with van der Waals surface area (Å²) in [7, 11) is 0. The second kappa shape index (κ2) is 11.6. The van der Waals surface area contributed by atoms with Crippen LogP contribution in [0.1, 0.15) is 54.9 Å². The Balaban J connectivity index is 1.41. The quantitative estimate of drug-likeness (QED) is 0.483. The molecule has 2 heterocycles. The number of rotatable bonds is 8. The first kappa shape index (κ1) is 25.0. The number of thioether (sulfide) groups is 1. The van der Waals surface area contributed by atoms with Crippen molar-refractivity contribution in [2.24, 2.45) is 0 Å². The van der Waals surface area contributed by atoms with Gasteiger partial charge in [-0.25, -0.2) is 4.39 Å². The molecule has 182 valence electrons. The van der Waals surface area contributed by atoms with Crippen LogP contribution in [0.5, 0.6) is 0 Å². The van der Waals surface area contributed by atoms with E-state index in [2.05, 4.69) is 17.1 Å². The van der Waals surface area contributed by atoms with Crippen LogP contribution in [0.3, 0.4) is 0 Å². The summed E-state index contributed by atoms with van der Waals surface area (Å²) in [5.74, 6) is -0.491. The van der Waals surface area contributed by atoms with Gasteiger partial charge in [0, 0.05) is 40.2 Å². The van der Waals surface area contributed by atoms with Crippen LogP contribution in [0.4, 0.5) is 10.1 Å². The number of carbonyl (C=O) groups excluding carboxylic acids is 2. The van der Waals surface area contributed by atoms with Gasteiger partial charge >= 0.3 is 0 Å². The Morgan fingerprint density at radius 3 is 2.91 bits per heavy atom. The lowest BCUT2D eigenvalue weighted by molar-refractivity contribution is -0.116. The van der Waals surface area contributed by atoms with Crippen molar-refractivity contribution in [3.8, 4) is 0 Å². The summed E-state index contributed by atoms with van der Waals surface area (Å²) in [4.78, 5) is 30.5. The zero-order valence-electron chi connectivity index (χ0n) is 19.5. The molecule has 0 spiro atoms. The van der Waals surface area contributed by atoms with E-state index in [-0.39, 0.29) is 34.7 Å². The maximum Gasteiger partial charge on any atom is 0.251 e. The topological polar surface area (TPSA) is 52.7 Å². The van der Waals surface area contributed by atoms with Gasteiger partial charge in [0.05, 0.1) is 18.0 Å². The molecule has 0 bridgehead atoms. The van der Waals surface area contributed by atoms with Crippen molar-refractivity contribution < 1.29 is 14.0 Å². The fourth-order valence-corrected chi connectivity index (χ4v) is 5.90. The zero-order valence-corrected chi connectivity index (χ0v) is 21.1. The number of amides is 2. The number of halogens is 2. The smallest absolute Gasteiger partial charge is 0.251 e. The maximum atomic E-state index is 14.4. The first-order valence-electron chi connectivity index (χ1n) is 12.0. The van der Waals surface area contributed by atoms with E-state index in [1.807, 2.05) is 6.07 Å². The van der Waals surface area contributed by atoms with Gasteiger partial charge in [-0.05, 0) is 62.6 Å². The van der Waals surface area contributed by atoms with Crippen molar-refractivity contribution in [2.45, 2.75) is 56.5 Å². The van der Waals surface area contributed by atoms with Crippen molar-refractivity contribution in [1.29, 1.82) is 0 Å². The molecule has 2 aromatic carbocycles. The van der Waals surface area contributed by atoms with Crippen LogP contribution in [-0.4, -0.2) is 48.1 Å². The molecule has 1 atom stereocenters. The van der Waals surface area contributed by atoms with Crippen molar-refractivity contribution >= 4 is 40.9 Å². The number of fused-ring (bicyclic) bond motifs is 1. The lowest BCUT2D eigenvalue weighted by Crippen LogP contribution is -2.40. The molecule has 5 nitrogen and oxygen atoms in total. The number of hydrogen-bond donors (Lipinski definition) is 1. The maximum absolute atomic E-state index is 14.4. The average molecular weight is 504 g/mol. The molecule has 2 aromatic rings. The molecule has 1 saturated heterocycles. The van der Waals surface area contributed by atoms with E-state index in [1.54, 1.807) is 24.3 Å². The Bertz CT molecular complexity index is 1030. The van der Waals surface area contributed by atoms with Crippen molar-refractivity contribution in [3.05, 3.63) is 58.4 Å². The lowest BCUT2D eigenvalue weighted by atomic mass is 10.00. The second-order valence-electron chi connectivity index (χ2n) is 8.85. The number of hydrogen-bond acceptors (Lipinski definition) is 4. The number of likely N-dealkylation sites (tertiary alicyclic amines) is 1. The highest BCUT2D eigenvalue weighted by atomic mass is 35.5. The van der Waals surface area contributed by atoms with Crippen molar-refractivity contribution in [3.63, 3.8) is 0 Å². The molecule has 4 rings (SSSR count). The van der Waals surface area contributed by atoms with Gasteiger partial charge in [0.2, 0.25) is 5.91 Å². The molecule has 0 unspecified atom stereocenters. The van der Waals surface area contributed by atoms with Crippen LogP contribution < -0.4 is 10.2 Å². The highest BCUT2D eigenvalue weighted by molar-refractivity contribution is 8.00. The van der Waals surface area contributed by atoms with E-state index in [9.17, 15) is 14.0 Å². The van der Waals surface area contributed by atoms with E-state index in [0.29, 0.717) is 23.8 Å². The minimum absolute atomic E-state index is 0.0252. The minimum Gasteiger partial charge on any atom is -0.352 e. The Labute approximate surface area is 210 Å². The van der Waals surface area contributed by atoms with Crippen molar-refractivity contribution in [2.75, 3.05) is 30.3 Å². The van der Waals surface area contributed by atoms with Gasteiger partial charge < -0.3 is 15.1 Å². The first-order valence-corrected chi connectivity index (χ1v) is 13.4. The highest BCUT2D eigenvalue weighted by Crippen LogP contribution is 2.37. The summed E-state index contributed by atoms with van der Waals surface area (Å²) in [6.07, 6.45) is 5.91. The van der Waals surface area contributed by atoms with Crippen LogP contribution in [-0.2, 0) is 11.3 Å². The zero-order chi connectivity index (χ0) is 24.1. The highest BCUT2D eigenvalue weighted by Gasteiger charge is 2.27. The van der Waals surface area contributed by atoms with E-state index >= 15 is 0 Å². The van der Waals surface area contributed by atoms with Gasteiger partial charge in [0.1, 0.15) is 5.82 Å². The number of nitrogens with one attached hydrogen (secondary N) is 1. The Hall–Kier alpha value is -2.09. The summed E-state index contributed by atoms with van der Waals surface area (Å²) in [6.45, 7) is 5.01. The summed E-state index contributed by atoms with van der Waals surface area (Å²) in [6, 6.07) is 10.5. The summed E-state index contributed by atoms with van der Waals surface area (Å²) >= 11 is 7.62. The Morgan fingerprint density at radius 2 is 2.12 bits per heavy atom. The van der Waals surface area contributed by atoms with Gasteiger partial charge in [-0.1, -0.05) is 31.0 Å². The van der Waals surface area contributed by atoms with Crippen molar-refractivity contribution in [1.82, 2.24) is 10.2 Å². The third-order valence-electron chi connectivity index (χ3n) is 6.67. The van der Waals surface area contributed by atoms with E-state index in [0.717, 1.165) is 24.4 Å². The Morgan fingerprint density at radius 1 is 1.26 bits per heavy atom. The van der Waals surface area contributed by atoms with Gasteiger partial charge in [0.25, 0.3) is 5.91 Å². The molecule has 0 saturated carbocycles. The van der Waals surface area contributed by atoms with E-state index < -0.39 is 5.82 Å². The first-order chi connectivity index (χ1) is 16.5. The standard InChI is InChI=1S/C26H31ClFN3O2S/c1-2-19-7-3-4-13-30(19)14-6-12-29-26(33)18-10-11-24-23(15-18)31(25(32)17-34-24)16-20-21(27)8-5-9-22(20)28/h5,8-11,15,19H,2-4,6-7,12-14,16-17H2,1H3,(H,29,33)/t19-/m0/s1. The molecule has 0 aromatic heterocycles. The molecule has 2 aliphatic heterocycles. The van der Waals surface area contributed by atoms with Gasteiger partial charge in [-0.3, -0.25) is 9.59 Å². The molecule has 0 radical (unpaired) electrons. The third kappa shape index (κ3) is 5.75. The fraction of sp³-hybridized carbons (Fsp3) is 0.462. The molecular formula is C26H31ClFN3O2S. The largest absolute Gasteiger partial charge is 0.352 e. The molecule has 2 aliphatic rings. The van der Waals surface area contributed by atoms with E-state index in [4.69, 9.17) is 11.6 Å². The van der Waals surface area contributed by atoms with Crippen LogP contribution in [0.15, 0.2) is 41.3 Å². The predicted molar refractivity (Wildman–Crippen MR) is 136 cm³/mol. The normalized spacial score (nSPS) is 18.6. The third-order valence-corrected chi connectivity index (χ3v) is 8.07. The van der Waals surface area contributed by atoms with Crippen LogP contribution in [0, 0.1) is 5.82 Å². The molecule has 0 aliphatic carbocycles. The van der Waals surface area contributed by atoms with Crippen LogP contribution >= 0.6 is 23.4 Å². The monoisotopic (exact) mass is 503 g/mol. The number of carbonyl (C=O) groups is 2. The molecule has 8 heteroatoms. The number of nitrogens with zero attached hydrogens (tertiary/aromatic N) is 2. The predicted octanol–water partition coefficient (Wildman–Crippen LogP) is 5.50. The molecule has 34 heavy (non-hydrogen) atoms. The number of anilines is 1.